The topological polar surface area (TPSA) is 93.5 Å². The lowest BCUT2D eigenvalue weighted by Crippen LogP contribution is -2.20. The normalized spacial score (nSPS) is 11.1. The smallest absolute Gasteiger partial charge is 0.307 e. The van der Waals surface area contributed by atoms with Gasteiger partial charge in [0.15, 0.2) is 0 Å². The van der Waals surface area contributed by atoms with Gasteiger partial charge in [0.05, 0.1) is 23.7 Å². The molecule has 2 N–H and O–H groups in total. The SMILES string of the molecule is CC(C)n1c(CCOc2cccc3cnccc23)ccc1C(=O)Nc1cc(CC(=O)O)ccc1Cl. The number of carbonyl (C=O) groups excluding carboxylic acids is 1. The predicted molar refractivity (Wildman–Crippen MR) is 137 cm³/mol. The van der Waals surface area contributed by atoms with Gasteiger partial charge in [-0.15, -0.1) is 0 Å². The van der Waals surface area contributed by atoms with E-state index in [-0.39, 0.29) is 18.4 Å². The van der Waals surface area contributed by atoms with Crippen LogP contribution < -0.4 is 10.1 Å². The van der Waals surface area contributed by atoms with E-state index in [4.69, 9.17) is 21.4 Å². The third-order valence-electron chi connectivity index (χ3n) is 5.64. The molecule has 0 saturated heterocycles. The minimum atomic E-state index is -0.953. The van der Waals surface area contributed by atoms with E-state index in [0.29, 0.717) is 35.0 Å². The summed E-state index contributed by atoms with van der Waals surface area (Å²) in [6.07, 6.45) is 4.01. The molecular weight excluding hydrogens is 466 g/mol. The van der Waals surface area contributed by atoms with E-state index in [1.807, 2.05) is 48.7 Å². The van der Waals surface area contributed by atoms with Gasteiger partial charge in [-0.25, -0.2) is 0 Å². The van der Waals surface area contributed by atoms with E-state index in [2.05, 4.69) is 10.3 Å². The Kier molecular flexibility index (Phi) is 7.36. The van der Waals surface area contributed by atoms with Gasteiger partial charge in [-0.2, -0.15) is 0 Å². The van der Waals surface area contributed by atoms with Crippen molar-refractivity contribution in [3.63, 3.8) is 0 Å². The standard InChI is InChI=1S/C27H26ClN3O4/c1-17(2)31-20(11-13-35-25-5-3-4-19-16-29-12-10-21(19)25)7-9-24(31)27(34)30-23-14-18(15-26(32)33)6-8-22(23)28/h3-10,12,14,16-17H,11,13,15H2,1-2H3,(H,30,34)(H,32,33). The number of carboxylic acids is 1. The highest BCUT2D eigenvalue weighted by Gasteiger charge is 2.19. The van der Waals surface area contributed by atoms with E-state index in [0.717, 1.165) is 22.2 Å². The second kappa shape index (κ2) is 10.6. The van der Waals surface area contributed by atoms with Crippen LogP contribution >= 0.6 is 11.6 Å². The van der Waals surface area contributed by atoms with E-state index in [1.165, 1.54) is 0 Å². The van der Waals surface area contributed by atoms with E-state index in [9.17, 15) is 9.59 Å². The van der Waals surface area contributed by atoms with Gasteiger partial charge in [0.2, 0.25) is 0 Å². The molecule has 0 aliphatic heterocycles. The maximum absolute atomic E-state index is 13.1. The molecule has 4 aromatic rings. The van der Waals surface area contributed by atoms with Crippen molar-refractivity contribution in [2.24, 2.45) is 0 Å². The molecule has 2 aromatic carbocycles. The van der Waals surface area contributed by atoms with Gasteiger partial charge in [-0.3, -0.25) is 14.6 Å². The number of fused-ring (bicyclic) bond motifs is 1. The zero-order valence-electron chi connectivity index (χ0n) is 19.5. The van der Waals surface area contributed by atoms with Crippen LogP contribution in [0.3, 0.4) is 0 Å². The Labute approximate surface area is 208 Å². The van der Waals surface area contributed by atoms with Gasteiger partial charge in [0, 0.05) is 41.3 Å². The van der Waals surface area contributed by atoms with Gasteiger partial charge >= 0.3 is 5.97 Å². The van der Waals surface area contributed by atoms with Crippen LogP contribution in [0.2, 0.25) is 5.02 Å². The number of amides is 1. The Balaban J connectivity index is 1.49. The highest BCUT2D eigenvalue weighted by molar-refractivity contribution is 6.34. The number of anilines is 1. The molecule has 2 aromatic heterocycles. The van der Waals surface area contributed by atoms with Crippen LogP contribution in [0.1, 0.15) is 41.6 Å². The summed E-state index contributed by atoms with van der Waals surface area (Å²) in [5.41, 5.74) is 2.39. The third-order valence-corrected chi connectivity index (χ3v) is 5.97. The number of carboxylic acid groups (broad SMARTS) is 1. The van der Waals surface area contributed by atoms with Crippen LogP contribution in [0.5, 0.6) is 5.75 Å². The summed E-state index contributed by atoms with van der Waals surface area (Å²) >= 11 is 6.25. The number of carbonyl (C=O) groups is 2. The van der Waals surface area contributed by atoms with Crippen LogP contribution in [0, 0.1) is 0 Å². The van der Waals surface area contributed by atoms with Crippen LogP contribution in [0.15, 0.2) is 67.0 Å². The molecule has 2 heterocycles. The van der Waals surface area contributed by atoms with Crippen LogP contribution in [0.25, 0.3) is 10.8 Å². The Bertz CT molecular complexity index is 1370. The maximum atomic E-state index is 13.1. The van der Waals surface area contributed by atoms with E-state index in [1.54, 1.807) is 36.7 Å². The van der Waals surface area contributed by atoms with Crippen molar-refractivity contribution >= 4 is 39.9 Å². The molecule has 35 heavy (non-hydrogen) atoms. The fourth-order valence-corrected chi connectivity index (χ4v) is 4.28. The fraction of sp³-hybridized carbons (Fsp3) is 0.222. The second-order valence-electron chi connectivity index (χ2n) is 8.46. The predicted octanol–water partition coefficient (Wildman–Crippen LogP) is 5.77. The molecule has 1 amide bonds. The maximum Gasteiger partial charge on any atom is 0.307 e. The average Bonchev–Trinajstić information content (AvgIpc) is 3.25. The van der Waals surface area contributed by atoms with Crippen molar-refractivity contribution in [2.75, 3.05) is 11.9 Å². The molecule has 0 aliphatic rings. The minimum Gasteiger partial charge on any atom is -0.493 e. The monoisotopic (exact) mass is 491 g/mol. The van der Waals surface area contributed by atoms with Crippen molar-refractivity contribution in [2.45, 2.75) is 32.7 Å². The first-order valence-electron chi connectivity index (χ1n) is 11.3. The summed E-state index contributed by atoms with van der Waals surface area (Å²) in [5, 5.41) is 14.2. The van der Waals surface area contributed by atoms with Crippen molar-refractivity contribution in [1.29, 1.82) is 0 Å². The molecule has 8 heteroatoms. The molecule has 0 unspecified atom stereocenters. The summed E-state index contributed by atoms with van der Waals surface area (Å²) in [6.45, 7) is 4.47. The van der Waals surface area contributed by atoms with Gasteiger partial charge in [0.1, 0.15) is 11.4 Å². The Morgan fingerprint density at radius 1 is 1.14 bits per heavy atom. The van der Waals surface area contributed by atoms with E-state index < -0.39 is 5.97 Å². The number of halogens is 1. The molecular formula is C27H26ClN3O4. The number of ether oxygens (including phenoxy) is 1. The zero-order valence-corrected chi connectivity index (χ0v) is 20.2. The number of rotatable bonds is 9. The van der Waals surface area contributed by atoms with Gasteiger partial charge in [0.25, 0.3) is 5.91 Å². The lowest BCUT2D eigenvalue weighted by atomic mass is 10.1. The third kappa shape index (κ3) is 5.63. The molecule has 180 valence electrons. The first-order valence-corrected chi connectivity index (χ1v) is 11.7. The van der Waals surface area contributed by atoms with Crippen LogP contribution in [-0.2, 0) is 17.6 Å². The first kappa shape index (κ1) is 24.3. The van der Waals surface area contributed by atoms with Crippen molar-refractivity contribution in [3.05, 3.63) is 89.0 Å². The summed E-state index contributed by atoms with van der Waals surface area (Å²) in [6, 6.07) is 16.4. The molecule has 0 radical (unpaired) electrons. The number of nitrogens with one attached hydrogen (secondary N) is 1. The summed E-state index contributed by atoms with van der Waals surface area (Å²) in [5.74, 6) is -0.478. The summed E-state index contributed by atoms with van der Waals surface area (Å²) in [7, 11) is 0. The zero-order chi connectivity index (χ0) is 24.9. The van der Waals surface area contributed by atoms with Crippen molar-refractivity contribution in [1.82, 2.24) is 9.55 Å². The molecule has 0 saturated carbocycles. The van der Waals surface area contributed by atoms with E-state index >= 15 is 0 Å². The number of hydrogen-bond acceptors (Lipinski definition) is 4. The molecule has 7 nitrogen and oxygen atoms in total. The summed E-state index contributed by atoms with van der Waals surface area (Å²) in [4.78, 5) is 28.3. The average molecular weight is 492 g/mol. The van der Waals surface area contributed by atoms with Gasteiger partial charge in [-0.05, 0) is 55.8 Å². The Morgan fingerprint density at radius 2 is 1.97 bits per heavy atom. The molecule has 0 atom stereocenters. The number of nitrogens with zero attached hydrogens (tertiary/aromatic N) is 2. The van der Waals surface area contributed by atoms with Gasteiger partial charge < -0.3 is 19.7 Å². The molecule has 0 spiro atoms. The minimum absolute atomic E-state index is 0.0400. The number of benzene rings is 2. The summed E-state index contributed by atoms with van der Waals surface area (Å²) < 4.78 is 8.05. The number of hydrogen-bond donors (Lipinski definition) is 2. The molecule has 4 rings (SSSR count). The quantitative estimate of drug-likeness (QED) is 0.310. The molecule has 0 bridgehead atoms. The number of pyridine rings is 1. The largest absolute Gasteiger partial charge is 0.493 e. The van der Waals surface area contributed by atoms with Crippen molar-refractivity contribution < 1.29 is 19.4 Å². The Morgan fingerprint density at radius 3 is 2.74 bits per heavy atom. The lowest BCUT2D eigenvalue weighted by Gasteiger charge is -2.18. The molecule has 0 fully saturated rings. The highest BCUT2D eigenvalue weighted by atomic mass is 35.5. The lowest BCUT2D eigenvalue weighted by molar-refractivity contribution is -0.136. The number of aliphatic carboxylic acids is 1. The van der Waals surface area contributed by atoms with Gasteiger partial charge in [-0.1, -0.05) is 29.8 Å². The number of aromatic nitrogens is 2. The second-order valence-corrected chi connectivity index (χ2v) is 8.87. The molecule has 0 aliphatic carbocycles. The van der Waals surface area contributed by atoms with Crippen molar-refractivity contribution in [3.8, 4) is 5.75 Å². The first-order chi connectivity index (χ1) is 16.8. The van der Waals surface area contributed by atoms with Crippen LogP contribution in [-0.4, -0.2) is 33.1 Å². The fourth-order valence-electron chi connectivity index (χ4n) is 4.11. The Hall–Kier alpha value is -3.84. The highest BCUT2D eigenvalue weighted by Crippen LogP contribution is 2.27. The van der Waals surface area contributed by atoms with Crippen LogP contribution in [0.4, 0.5) is 5.69 Å².